The van der Waals surface area contributed by atoms with Crippen molar-refractivity contribution in [3.8, 4) is 5.69 Å². The monoisotopic (exact) mass is 354 g/mol. The minimum atomic E-state index is 0.0803. The van der Waals surface area contributed by atoms with E-state index in [1.54, 1.807) is 0 Å². The van der Waals surface area contributed by atoms with Crippen LogP contribution < -0.4 is 0 Å². The van der Waals surface area contributed by atoms with Crippen LogP contribution in [0.25, 0.3) is 5.69 Å². The molecule has 5 heteroatoms. The summed E-state index contributed by atoms with van der Waals surface area (Å²) in [7, 11) is 4.13. The van der Waals surface area contributed by atoms with Crippen LogP contribution in [0.1, 0.15) is 47.1 Å². The highest BCUT2D eigenvalue weighted by atomic mass is 16.2. The summed E-state index contributed by atoms with van der Waals surface area (Å²) < 4.78 is 2.01. The van der Waals surface area contributed by atoms with Crippen LogP contribution in [0.2, 0.25) is 0 Å². The van der Waals surface area contributed by atoms with Crippen molar-refractivity contribution < 1.29 is 4.79 Å². The SMILES string of the molecule is CCN(CCCN(C)C)C(=O)c1nn(-c2ccccc2C)c2c1CCC2. The van der Waals surface area contributed by atoms with Gasteiger partial charge in [0.15, 0.2) is 5.69 Å². The number of benzene rings is 1. The Labute approximate surface area is 156 Å². The number of amides is 1. The summed E-state index contributed by atoms with van der Waals surface area (Å²) in [5.74, 6) is 0.0803. The second-order valence-corrected chi connectivity index (χ2v) is 7.37. The highest BCUT2D eigenvalue weighted by Crippen LogP contribution is 2.29. The molecule has 0 saturated heterocycles. The molecule has 26 heavy (non-hydrogen) atoms. The van der Waals surface area contributed by atoms with E-state index >= 15 is 0 Å². The van der Waals surface area contributed by atoms with E-state index in [0.29, 0.717) is 5.69 Å². The molecule has 1 aliphatic rings. The number of aryl methyl sites for hydroxylation is 1. The van der Waals surface area contributed by atoms with Crippen molar-refractivity contribution >= 4 is 5.91 Å². The number of para-hydroxylation sites is 1. The van der Waals surface area contributed by atoms with Crippen molar-refractivity contribution in [3.05, 3.63) is 46.8 Å². The van der Waals surface area contributed by atoms with E-state index in [0.717, 1.165) is 56.6 Å². The van der Waals surface area contributed by atoms with Crippen LogP contribution in [0.15, 0.2) is 24.3 Å². The summed E-state index contributed by atoms with van der Waals surface area (Å²) in [5, 5.41) is 4.79. The number of nitrogens with zero attached hydrogens (tertiary/aromatic N) is 4. The van der Waals surface area contributed by atoms with Gasteiger partial charge in [-0.15, -0.1) is 0 Å². The molecule has 0 aliphatic heterocycles. The van der Waals surface area contributed by atoms with Crippen molar-refractivity contribution in [3.63, 3.8) is 0 Å². The molecule has 0 bridgehead atoms. The quantitative estimate of drug-likeness (QED) is 0.767. The average Bonchev–Trinajstić information content (AvgIpc) is 3.21. The van der Waals surface area contributed by atoms with Gasteiger partial charge in [0.1, 0.15) is 0 Å². The molecule has 0 spiro atoms. The first-order valence-corrected chi connectivity index (χ1v) is 9.63. The van der Waals surface area contributed by atoms with E-state index < -0.39 is 0 Å². The molecule has 0 atom stereocenters. The Morgan fingerprint density at radius 1 is 1.19 bits per heavy atom. The molecular formula is C21H30N4O. The molecule has 1 heterocycles. The molecule has 0 saturated carbocycles. The first-order chi connectivity index (χ1) is 12.5. The molecule has 1 aromatic carbocycles. The first-order valence-electron chi connectivity index (χ1n) is 9.63. The predicted molar refractivity (Wildman–Crippen MR) is 105 cm³/mol. The lowest BCUT2D eigenvalue weighted by atomic mass is 10.1. The van der Waals surface area contributed by atoms with Crippen LogP contribution in [-0.4, -0.2) is 59.2 Å². The van der Waals surface area contributed by atoms with E-state index in [-0.39, 0.29) is 5.91 Å². The van der Waals surface area contributed by atoms with E-state index in [2.05, 4.69) is 38.1 Å². The number of aromatic nitrogens is 2. The van der Waals surface area contributed by atoms with Gasteiger partial charge in [-0.25, -0.2) is 4.68 Å². The van der Waals surface area contributed by atoms with Crippen LogP contribution in [0.4, 0.5) is 0 Å². The Hall–Kier alpha value is -2.14. The molecule has 0 radical (unpaired) electrons. The standard InChI is InChI=1S/C21H30N4O/c1-5-24(15-9-14-23(3)4)21(26)20-17-11-8-13-19(17)25(22-20)18-12-7-6-10-16(18)2/h6-7,10,12H,5,8-9,11,13-15H2,1-4H3. The van der Waals surface area contributed by atoms with E-state index in [1.807, 2.05) is 28.6 Å². The summed E-state index contributed by atoms with van der Waals surface area (Å²) in [6.45, 7) is 6.63. The summed E-state index contributed by atoms with van der Waals surface area (Å²) in [6.07, 6.45) is 4.04. The zero-order valence-corrected chi connectivity index (χ0v) is 16.5. The van der Waals surface area contributed by atoms with Gasteiger partial charge in [-0.1, -0.05) is 18.2 Å². The predicted octanol–water partition coefficient (Wildman–Crippen LogP) is 3.08. The van der Waals surface area contributed by atoms with Crippen LogP contribution in [0.5, 0.6) is 0 Å². The molecule has 2 aromatic rings. The zero-order chi connectivity index (χ0) is 18.7. The first kappa shape index (κ1) is 18.6. The molecular weight excluding hydrogens is 324 g/mol. The fraction of sp³-hybridized carbons (Fsp3) is 0.524. The number of fused-ring (bicyclic) bond motifs is 1. The number of hydrogen-bond acceptors (Lipinski definition) is 3. The molecule has 3 rings (SSSR count). The minimum absolute atomic E-state index is 0.0803. The Bertz CT molecular complexity index is 778. The Balaban J connectivity index is 1.89. The van der Waals surface area contributed by atoms with Crippen molar-refractivity contribution in [1.29, 1.82) is 0 Å². The Kier molecular flexibility index (Phi) is 5.77. The number of carbonyl (C=O) groups is 1. The third-order valence-corrected chi connectivity index (χ3v) is 5.18. The summed E-state index contributed by atoms with van der Waals surface area (Å²) in [5.41, 5.74) is 5.30. The largest absolute Gasteiger partial charge is 0.337 e. The fourth-order valence-corrected chi connectivity index (χ4v) is 3.74. The minimum Gasteiger partial charge on any atom is -0.337 e. The van der Waals surface area contributed by atoms with Crippen molar-refractivity contribution in [2.24, 2.45) is 0 Å². The fourth-order valence-electron chi connectivity index (χ4n) is 3.74. The molecule has 140 valence electrons. The van der Waals surface area contributed by atoms with Gasteiger partial charge < -0.3 is 9.80 Å². The average molecular weight is 354 g/mol. The lowest BCUT2D eigenvalue weighted by Gasteiger charge is -2.21. The van der Waals surface area contributed by atoms with Gasteiger partial charge in [-0.3, -0.25) is 4.79 Å². The van der Waals surface area contributed by atoms with Gasteiger partial charge in [0.2, 0.25) is 0 Å². The highest BCUT2D eigenvalue weighted by molar-refractivity contribution is 5.94. The molecule has 1 aromatic heterocycles. The van der Waals surface area contributed by atoms with Crippen molar-refractivity contribution in [2.75, 3.05) is 33.7 Å². The van der Waals surface area contributed by atoms with Crippen LogP contribution in [0.3, 0.4) is 0 Å². The molecule has 0 unspecified atom stereocenters. The zero-order valence-electron chi connectivity index (χ0n) is 16.5. The van der Waals surface area contributed by atoms with Gasteiger partial charge in [-0.2, -0.15) is 5.10 Å². The Morgan fingerprint density at radius 2 is 1.96 bits per heavy atom. The third-order valence-electron chi connectivity index (χ3n) is 5.18. The van der Waals surface area contributed by atoms with Gasteiger partial charge >= 0.3 is 0 Å². The van der Waals surface area contributed by atoms with Gasteiger partial charge in [0.25, 0.3) is 5.91 Å². The van der Waals surface area contributed by atoms with Crippen molar-refractivity contribution in [1.82, 2.24) is 19.6 Å². The van der Waals surface area contributed by atoms with E-state index in [9.17, 15) is 4.79 Å². The van der Waals surface area contributed by atoms with Gasteiger partial charge in [0, 0.05) is 24.3 Å². The molecule has 0 fully saturated rings. The second kappa shape index (κ2) is 8.04. The maximum absolute atomic E-state index is 13.2. The summed E-state index contributed by atoms with van der Waals surface area (Å²) in [6, 6.07) is 8.26. The lowest BCUT2D eigenvalue weighted by Crippen LogP contribution is -2.34. The highest BCUT2D eigenvalue weighted by Gasteiger charge is 2.29. The topological polar surface area (TPSA) is 41.4 Å². The summed E-state index contributed by atoms with van der Waals surface area (Å²) >= 11 is 0. The summed E-state index contributed by atoms with van der Waals surface area (Å²) in [4.78, 5) is 17.3. The van der Waals surface area contributed by atoms with Crippen LogP contribution in [-0.2, 0) is 12.8 Å². The smallest absolute Gasteiger partial charge is 0.274 e. The Morgan fingerprint density at radius 3 is 2.65 bits per heavy atom. The van der Waals surface area contributed by atoms with Gasteiger partial charge in [0.05, 0.1) is 5.69 Å². The van der Waals surface area contributed by atoms with Crippen LogP contribution >= 0.6 is 0 Å². The van der Waals surface area contributed by atoms with Crippen molar-refractivity contribution in [2.45, 2.75) is 39.5 Å². The second-order valence-electron chi connectivity index (χ2n) is 7.37. The van der Waals surface area contributed by atoms with E-state index in [1.165, 1.54) is 11.3 Å². The number of hydrogen-bond donors (Lipinski definition) is 0. The lowest BCUT2D eigenvalue weighted by molar-refractivity contribution is 0.0752. The van der Waals surface area contributed by atoms with E-state index in [4.69, 9.17) is 5.10 Å². The molecule has 5 nitrogen and oxygen atoms in total. The van der Waals surface area contributed by atoms with Gasteiger partial charge in [-0.05, 0) is 71.8 Å². The number of carbonyl (C=O) groups excluding carboxylic acids is 1. The number of rotatable bonds is 7. The normalized spacial score (nSPS) is 13.3. The van der Waals surface area contributed by atoms with Crippen LogP contribution in [0, 0.1) is 6.92 Å². The molecule has 0 N–H and O–H groups in total. The maximum Gasteiger partial charge on any atom is 0.274 e. The molecule has 1 aliphatic carbocycles. The third kappa shape index (κ3) is 3.68. The maximum atomic E-state index is 13.2. The molecule has 1 amide bonds.